The highest BCUT2D eigenvalue weighted by Crippen LogP contribution is 2.32. The van der Waals surface area contributed by atoms with Crippen LogP contribution in [0.3, 0.4) is 0 Å². The molecule has 5 nitrogen and oxygen atoms in total. The summed E-state index contributed by atoms with van der Waals surface area (Å²) in [6.45, 7) is 1.90. The van der Waals surface area contributed by atoms with Gasteiger partial charge in [0.05, 0.1) is 6.20 Å². The Balaban J connectivity index is 1.60. The Hall–Kier alpha value is -2.40. The van der Waals surface area contributed by atoms with Crippen LogP contribution in [0, 0.1) is 0 Å². The van der Waals surface area contributed by atoms with Crippen LogP contribution in [0.15, 0.2) is 36.7 Å². The molecular weight excluding hydrogens is 302 g/mol. The Bertz CT molecular complexity index is 769. The SMILES string of the molecule is CN1C(=O)CCc2cc(-c3cncc(OC4CCNC4)c3)ccc21. The van der Waals surface area contributed by atoms with E-state index in [1.165, 1.54) is 5.56 Å². The summed E-state index contributed by atoms with van der Waals surface area (Å²) in [5.74, 6) is 0.990. The number of carbonyl (C=O) groups excluding carboxylic acids is 1. The van der Waals surface area contributed by atoms with Crippen LogP contribution in [0.5, 0.6) is 5.75 Å². The molecule has 1 aromatic heterocycles. The van der Waals surface area contributed by atoms with E-state index in [0.29, 0.717) is 6.42 Å². The van der Waals surface area contributed by atoms with E-state index in [1.807, 2.05) is 31.4 Å². The van der Waals surface area contributed by atoms with Gasteiger partial charge >= 0.3 is 0 Å². The number of benzene rings is 1. The summed E-state index contributed by atoms with van der Waals surface area (Å²) in [4.78, 5) is 17.9. The van der Waals surface area contributed by atoms with Gasteiger partial charge in [0.25, 0.3) is 0 Å². The highest BCUT2D eigenvalue weighted by molar-refractivity contribution is 5.96. The maximum atomic E-state index is 11.8. The average Bonchev–Trinajstić information content (AvgIpc) is 3.11. The molecule has 2 aliphatic rings. The molecule has 4 rings (SSSR count). The molecule has 2 aromatic rings. The van der Waals surface area contributed by atoms with Crippen LogP contribution in [0.25, 0.3) is 11.1 Å². The standard InChI is InChI=1S/C19H21N3O2/c1-22-18-4-2-13(8-14(18)3-5-19(22)23)15-9-17(12-21-10-15)24-16-6-7-20-11-16/h2,4,8-10,12,16,20H,3,5-7,11H2,1H3. The smallest absolute Gasteiger partial charge is 0.227 e. The predicted molar refractivity (Wildman–Crippen MR) is 93.3 cm³/mol. The molecule has 0 aliphatic carbocycles. The van der Waals surface area contributed by atoms with Gasteiger partial charge in [-0.15, -0.1) is 0 Å². The molecule has 1 amide bonds. The Morgan fingerprint density at radius 3 is 2.96 bits per heavy atom. The van der Waals surface area contributed by atoms with Gasteiger partial charge in [0.15, 0.2) is 0 Å². The predicted octanol–water partition coefficient (Wildman–Crippen LogP) is 2.40. The van der Waals surface area contributed by atoms with Crippen LogP contribution in [0.2, 0.25) is 0 Å². The van der Waals surface area contributed by atoms with E-state index in [0.717, 1.165) is 48.5 Å². The minimum Gasteiger partial charge on any atom is -0.487 e. The lowest BCUT2D eigenvalue weighted by atomic mass is 9.97. The molecule has 1 N–H and O–H groups in total. The zero-order chi connectivity index (χ0) is 16.5. The van der Waals surface area contributed by atoms with Crippen molar-refractivity contribution in [2.45, 2.75) is 25.4 Å². The first-order valence-corrected chi connectivity index (χ1v) is 8.43. The molecular formula is C19H21N3O2. The number of carbonyl (C=O) groups is 1. The lowest BCUT2D eigenvalue weighted by Crippen LogP contribution is -2.30. The second kappa shape index (κ2) is 6.24. The fourth-order valence-electron chi connectivity index (χ4n) is 3.40. The number of pyridine rings is 1. The van der Waals surface area contributed by atoms with Gasteiger partial charge in [-0.25, -0.2) is 0 Å². The summed E-state index contributed by atoms with van der Waals surface area (Å²) >= 11 is 0. The number of anilines is 1. The van der Waals surface area contributed by atoms with E-state index < -0.39 is 0 Å². The van der Waals surface area contributed by atoms with Crippen LogP contribution in [-0.4, -0.2) is 37.1 Å². The number of hydrogen-bond acceptors (Lipinski definition) is 4. The minimum absolute atomic E-state index is 0.178. The Morgan fingerprint density at radius 2 is 2.12 bits per heavy atom. The third kappa shape index (κ3) is 2.87. The topological polar surface area (TPSA) is 54.5 Å². The van der Waals surface area contributed by atoms with Gasteiger partial charge in [-0.1, -0.05) is 6.07 Å². The Morgan fingerprint density at radius 1 is 1.21 bits per heavy atom. The van der Waals surface area contributed by atoms with E-state index in [1.54, 1.807) is 11.1 Å². The maximum Gasteiger partial charge on any atom is 0.227 e. The van der Waals surface area contributed by atoms with E-state index in [2.05, 4.69) is 16.4 Å². The summed E-state index contributed by atoms with van der Waals surface area (Å²) in [5, 5.41) is 3.30. The number of rotatable bonds is 3. The Labute approximate surface area is 141 Å². The molecule has 0 saturated carbocycles. The van der Waals surface area contributed by atoms with Crippen LogP contribution in [0.4, 0.5) is 5.69 Å². The molecule has 0 radical (unpaired) electrons. The number of hydrogen-bond donors (Lipinski definition) is 1. The number of aryl methyl sites for hydroxylation is 1. The van der Waals surface area contributed by atoms with E-state index in [-0.39, 0.29) is 12.0 Å². The fourth-order valence-corrected chi connectivity index (χ4v) is 3.40. The van der Waals surface area contributed by atoms with E-state index in [4.69, 9.17) is 4.74 Å². The highest BCUT2D eigenvalue weighted by atomic mass is 16.5. The number of amides is 1. The molecule has 24 heavy (non-hydrogen) atoms. The van der Waals surface area contributed by atoms with Gasteiger partial charge in [0.2, 0.25) is 5.91 Å². The zero-order valence-corrected chi connectivity index (χ0v) is 13.8. The van der Waals surface area contributed by atoms with E-state index in [9.17, 15) is 4.79 Å². The lowest BCUT2D eigenvalue weighted by Gasteiger charge is -2.26. The van der Waals surface area contributed by atoms with Crippen LogP contribution in [-0.2, 0) is 11.2 Å². The Kier molecular flexibility index (Phi) is 3.94. The fraction of sp³-hybridized carbons (Fsp3) is 0.368. The molecule has 1 aromatic carbocycles. The summed E-state index contributed by atoms with van der Waals surface area (Å²) in [6, 6.07) is 8.28. The van der Waals surface area contributed by atoms with Crippen molar-refractivity contribution in [3.63, 3.8) is 0 Å². The monoisotopic (exact) mass is 323 g/mol. The van der Waals surface area contributed by atoms with Crippen molar-refractivity contribution in [3.05, 3.63) is 42.2 Å². The van der Waals surface area contributed by atoms with Crippen LogP contribution >= 0.6 is 0 Å². The van der Waals surface area contributed by atoms with Crippen LogP contribution < -0.4 is 15.0 Å². The number of nitrogens with zero attached hydrogens (tertiary/aromatic N) is 2. The maximum absolute atomic E-state index is 11.8. The van der Waals surface area contributed by atoms with Crippen LogP contribution in [0.1, 0.15) is 18.4 Å². The quantitative estimate of drug-likeness (QED) is 0.942. The lowest BCUT2D eigenvalue weighted by molar-refractivity contribution is -0.118. The molecule has 1 fully saturated rings. The second-order valence-electron chi connectivity index (χ2n) is 6.44. The van der Waals surface area contributed by atoms with Gasteiger partial charge in [-0.2, -0.15) is 0 Å². The van der Waals surface area contributed by atoms with Crippen molar-refractivity contribution in [3.8, 4) is 16.9 Å². The zero-order valence-electron chi connectivity index (χ0n) is 13.8. The minimum atomic E-state index is 0.178. The number of ether oxygens (including phenoxy) is 1. The number of nitrogens with one attached hydrogen (secondary N) is 1. The molecule has 1 saturated heterocycles. The molecule has 0 bridgehead atoms. The summed E-state index contributed by atoms with van der Waals surface area (Å²) in [7, 11) is 1.84. The second-order valence-corrected chi connectivity index (χ2v) is 6.44. The summed E-state index contributed by atoms with van der Waals surface area (Å²) in [5.41, 5.74) is 4.37. The first-order valence-electron chi connectivity index (χ1n) is 8.43. The molecule has 5 heteroatoms. The van der Waals surface area contributed by atoms with Crippen molar-refractivity contribution in [2.75, 3.05) is 25.0 Å². The van der Waals surface area contributed by atoms with Crippen molar-refractivity contribution < 1.29 is 9.53 Å². The van der Waals surface area contributed by atoms with Crippen molar-refractivity contribution >= 4 is 11.6 Å². The molecule has 124 valence electrons. The number of fused-ring (bicyclic) bond motifs is 1. The first kappa shape index (κ1) is 15.1. The third-order valence-electron chi connectivity index (χ3n) is 4.79. The highest BCUT2D eigenvalue weighted by Gasteiger charge is 2.21. The van der Waals surface area contributed by atoms with Gasteiger partial charge in [-0.3, -0.25) is 9.78 Å². The van der Waals surface area contributed by atoms with Gasteiger partial charge in [-0.05, 0) is 48.7 Å². The molecule has 1 unspecified atom stereocenters. The van der Waals surface area contributed by atoms with Crippen molar-refractivity contribution in [1.29, 1.82) is 0 Å². The number of aromatic nitrogens is 1. The normalized spacial score (nSPS) is 20.1. The van der Waals surface area contributed by atoms with Crippen molar-refractivity contribution in [2.24, 2.45) is 0 Å². The third-order valence-corrected chi connectivity index (χ3v) is 4.79. The molecule has 3 heterocycles. The van der Waals surface area contributed by atoms with Crippen molar-refractivity contribution in [1.82, 2.24) is 10.3 Å². The summed E-state index contributed by atoms with van der Waals surface area (Å²) < 4.78 is 6.00. The summed E-state index contributed by atoms with van der Waals surface area (Å²) in [6.07, 6.45) is 6.26. The molecule has 2 aliphatic heterocycles. The first-order chi connectivity index (χ1) is 11.7. The van der Waals surface area contributed by atoms with Gasteiger partial charge < -0.3 is 15.0 Å². The molecule has 0 spiro atoms. The van der Waals surface area contributed by atoms with E-state index >= 15 is 0 Å². The van der Waals surface area contributed by atoms with Gasteiger partial charge in [0, 0.05) is 37.5 Å². The van der Waals surface area contributed by atoms with Gasteiger partial charge in [0.1, 0.15) is 11.9 Å². The largest absolute Gasteiger partial charge is 0.487 e. The average molecular weight is 323 g/mol. The molecule has 1 atom stereocenters.